The highest BCUT2D eigenvalue weighted by atomic mass is 35.5. The Morgan fingerprint density at radius 3 is 2.14 bits per heavy atom. The van der Waals surface area contributed by atoms with E-state index in [1.807, 2.05) is 0 Å². The summed E-state index contributed by atoms with van der Waals surface area (Å²) in [6.45, 7) is 1.85. The maximum Gasteiger partial charge on any atom is 0.397 e. The van der Waals surface area contributed by atoms with Crippen LogP contribution in [-0.2, 0) is 41.1 Å². The first kappa shape index (κ1) is 38.7. The minimum Gasteiger partial charge on any atom is -0.744 e. The average molecular weight is 787 g/mol. The Labute approximate surface area is 293 Å². The zero-order valence-electron chi connectivity index (χ0n) is 26.0. The molecule has 51 heavy (non-hydrogen) atoms. The number of pyridine rings is 1. The van der Waals surface area contributed by atoms with Crippen LogP contribution < -0.4 is 21.9 Å². The molecule has 0 aliphatic carbocycles. The molecule has 0 aliphatic heterocycles. The highest BCUT2D eigenvalue weighted by Crippen LogP contribution is 2.32. The standard InChI is InChI=1S/C26H26ClN9O12S3/c1-3-36-22(38)19(21(28)37)13(2)20(23(36)39)35-34-17-12-15(6-9-18(17)50(42,43)44)30-26-32-24(27)31-25(33-26)29-14-4-7-16(8-5-14)49(40,41)11-10-48-51(45,46)47/h4-9,12,38H,3,10-11H2,1-2H3,(H2,28,37)(H,42,43,44)(H,45,46,47)(H2,29,30,31,32,33)/p-1. The molecule has 0 fully saturated rings. The SMILES string of the molecule is CCn1c(O)c(C(N)=O)c(C)c(N=Nc2cc(Nc3nc(Cl)nc(Nc4ccc(S(=O)(=O)CCOS(=O)(=O)O)cc4)n3)ccc2S(=O)(=O)[O-])c1=O. The minimum atomic E-state index is -5.14. The number of sulfone groups is 1. The molecule has 0 saturated heterocycles. The van der Waals surface area contributed by atoms with Crippen LogP contribution in [-0.4, -0.2) is 77.3 Å². The Morgan fingerprint density at radius 1 is 1.00 bits per heavy atom. The Balaban J connectivity index is 1.62. The number of nitrogens with two attached hydrogens (primary N) is 1. The molecule has 0 spiro atoms. The van der Waals surface area contributed by atoms with Crippen molar-refractivity contribution in [3.8, 4) is 5.88 Å². The minimum absolute atomic E-state index is 0.0447. The second-order valence-electron chi connectivity index (χ2n) is 10.0. The lowest BCUT2D eigenvalue weighted by molar-refractivity contribution is 0.0995. The molecule has 6 N–H and O–H groups in total. The number of anilines is 4. The zero-order chi connectivity index (χ0) is 37.9. The van der Waals surface area contributed by atoms with E-state index in [0.29, 0.717) is 0 Å². The smallest absolute Gasteiger partial charge is 0.397 e. The second kappa shape index (κ2) is 15.0. The third kappa shape index (κ3) is 9.57. The van der Waals surface area contributed by atoms with Crippen LogP contribution >= 0.6 is 11.6 Å². The zero-order valence-corrected chi connectivity index (χ0v) is 29.2. The van der Waals surface area contributed by atoms with Gasteiger partial charge in [-0.15, -0.1) is 10.2 Å². The lowest BCUT2D eigenvalue weighted by atomic mass is 10.1. The van der Waals surface area contributed by atoms with Crippen LogP contribution in [0.1, 0.15) is 22.8 Å². The van der Waals surface area contributed by atoms with Gasteiger partial charge < -0.3 is 26.0 Å². The number of aromatic hydroxyl groups is 1. The Bertz CT molecular complexity index is 2440. The van der Waals surface area contributed by atoms with E-state index in [-0.39, 0.29) is 45.6 Å². The molecular formula is C26H25ClN9O12S3-. The van der Waals surface area contributed by atoms with Crippen LogP contribution in [0.5, 0.6) is 5.88 Å². The molecule has 0 radical (unpaired) electrons. The van der Waals surface area contributed by atoms with Gasteiger partial charge in [-0.25, -0.2) is 21.0 Å². The molecule has 0 saturated carbocycles. The van der Waals surface area contributed by atoms with Gasteiger partial charge in [0, 0.05) is 23.5 Å². The Hall–Kier alpha value is -5.11. The summed E-state index contributed by atoms with van der Waals surface area (Å²) in [5, 5.41) is 23.1. The number of carbonyl (C=O) groups is 1. The number of benzene rings is 2. The summed E-state index contributed by atoms with van der Waals surface area (Å²) >= 11 is 6.05. The van der Waals surface area contributed by atoms with Crippen LogP contribution in [0, 0.1) is 6.92 Å². The van der Waals surface area contributed by atoms with Crippen molar-refractivity contribution in [2.24, 2.45) is 16.0 Å². The van der Waals surface area contributed by atoms with E-state index in [2.05, 4.69) is 40.0 Å². The van der Waals surface area contributed by atoms with Gasteiger partial charge in [-0.2, -0.15) is 23.4 Å². The number of primary amides is 1. The molecule has 25 heteroatoms. The first-order valence-electron chi connectivity index (χ1n) is 13.9. The van der Waals surface area contributed by atoms with E-state index in [1.165, 1.54) is 38.1 Å². The van der Waals surface area contributed by atoms with Gasteiger partial charge in [0.1, 0.15) is 21.4 Å². The quantitative estimate of drug-likeness (QED) is 0.0903. The summed E-state index contributed by atoms with van der Waals surface area (Å²) in [5.74, 6) is -2.86. The highest BCUT2D eigenvalue weighted by Gasteiger charge is 2.22. The third-order valence-corrected chi connectivity index (χ3v) is 9.84. The van der Waals surface area contributed by atoms with Crippen LogP contribution in [0.4, 0.5) is 34.6 Å². The van der Waals surface area contributed by atoms with E-state index in [0.717, 1.165) is 22.8 Å². The van der Waals surface area contributed by atoms with E-state index in [4.69, 9.17) is 21.9 Å². The number of nitrogens with one attached hydrogen (secondary N) is 2. The summed E-state index contributed by atoms with van der Waals surface area (Å²) in [6.07, 6.45) is 0. The largest absolute Gasteiger partial charge is 0.744 e. The summed E-state index contributed by atoms with van der Waals surface area (Å²) in [5.41, 5.74) is 3.22. The van der Waals surface area contributed by atoms with E-state index in [9.17, 15) is 44.5 Å². The van der Waals surface area contributed by atoms with Gasteiger partial charge in [0.05, 0.1) is 22.2 Å². The maximum atomic E-state index is 13.0. The number of nitrogens with zero attached hydrogens (tertiary/aromatic N) is 6. The highest BCUT2D eigenvalue weighted by molar-refractivity contribution is 7.91. The number of carbonyl (C=O) groups excluding carboxylic acids is 1. The fourth-order valence-corrected chi connectivity index (χ4v) is 6.57. The number of halogens is 1. The molecule has 0 unspecified atom stereocenters. The van der Waals surface area contributed by atoms with Crippen molar-refractivity contribution in [3.05, 3.63) is 69.2 Å². The lowest BCUT2D eigenvalue weighted by Crippen LogP contribution is -2.25. The number of aromatic nitrogens is 4. The first-order valence-corrected chi connectivity index (χ1v) is 18.7. The molecule has 272 valence electrons. The van der Waals surface area contributed by atoms with Gasteiger partial charge in [-0.3, -0.25) is 18.7 Å². The van der Waals surface area contributed by atoms with Gasteiger partial charge in [0.15, 0.2) is 15.5 Å². The number of amides is 1. The van der Waals surface area contributed by atoms with Crippen molar-refractivity contribution >= 4 is 82.5 Å². The monoisotopic (exact) mass is 786 g/mol. The average Bonchev–Trinajstić information content (AvgIpc) is 3.00. The van der Waals surface area contributed by atoms with Crippen molar-refractivity contribution in [1.82, 2.24) is 19.5 Å². The van der Waals surface area contributed by atoms with Crippen molar-refractivity contribution in [3.63, 3.8) is 0 Å². The van der Waals surface area contributed by atoms with Crippen LogP contribution in [0.15, 0.2) is 67.3 Å². The van der Waals surface area contributed by atoms with E-state index in [1.54, 1.807) is 0 Å². The molecule has 2 aromatic heterocycles. The summed E-state index contributed by atoms with van der Waals surface area (Å²) in [7, 11) is -13.9. The predicted molar refractivity (Wildman–Crippen MR) is 177 cm³/mol. The molecule has 0 atom stereocenters. The number of rotatable bonds is 14. The molecule has 21 nitrogen and oxygen atoms in total. The third-order valence-electron chi connectivity index (χ3n) is 6.62. The fourth-order valence-electron chi connectivity index (χ4n) is 4.33. The lowest BCUT2D eigenvalue weighted by Gasteiger charge is -2.14. The molecular weight excluding hydrogens is 762 g/mol. The molecule has 4 rings (SSSR count). The van der Waals surface area contributed by atoms with Gasteiger partial charge in [-0.1, -0.05) is 0 Å². The van der Waals surface area contributed by atoms with Crippen molar-refractivity contribution < 1.29 is 48.4 Å². The summed E-state index contributed by atoms with van der Waals surface area (Å²) < 4.78 is 95.7. The van der Waals surface area contributed by atoms with Gasteiger partial charge in [0.25, 0.3) is 11.5 Å². The second-order valence-corrected chi connectivity index (χ2v) is 14.9. The van der Waals surface area contributed by atoms with Crippen LogP contribution in [0.3, 0.4) is 0 Å². The molecule has 2 heterocycles. The molecule has 1 amide bonds. The first-order chi connectivity index (χ1) is 23.7. The topological polar surface area (TPSA) is 328 Å². The molecule has 0 bridgehead atoms. The molecule has 2 aromatic carbocycles. The van der Waals surface area contributed by atoms with Gasteiger partial charge in [-0.05, 0) is 67.9 Å². The predicted octanol–water partition coefficient (Wildman–Crippen LogP) is 2.22. The van der Waals surface area contributed by atoms with Crippen molar-refractivity contribution in [1.29, 1.82) is 0 Å². The van der Waals surface area contributed by atoms with Crippen LogP contribution in [0.25, 0.3) is 0 Å². The van der Waals surface area contributed by atoms with Crippen molar-refractivity contribution in [2.45, 2.75) is 30.2 Å². The van der Waals surface area contributed by atoms with Crippen LogP contribution in [0.2, 0.25) is 5.28 Å². The Kier molecular flexibility index (Phi) is 11.4. The normalized spacial score (nSPS) is 12.3. The molecule has 0 aliphatic rings. The van der Waals surface area contributed by atoms with Crippen molar-refractivity contribution in [2.75, 3.05) is 23.0 Å². The fraction of sp³-hybridized carbons (Fsp3) is 0.192. The Morgan fingerprint density at radius 2 is 1.59 bits per heavy atom. The van der Waals surface area contributed by atoms with Gasteiger partial charge in [0.2, 0.25) is 23.1 Å². The summed E-state index contributed by atoms with van der Waals surface area (Å²) in [6, 6.07) is 8.17. The van der Waals surface area contributed by atoms with E-state index < -0.39 is 81.9 Å². The number of hydrogen-bond donors (Lipinski definition) is 5. The molecule has 4 aromatic rings. The maximum absolute atomic E-state index is 13.0. The number of hydrogen-bond acceptors (Lipinski definition) is 18. The summed E-state index contributed by atoms with van der Waals surface area (Å²) in [4.78, 5) is 35.9. The number of azo groups is 1. The van der Waals surface area contributed by atoms with E-state index >= 15 is 0 Å². The van der Waals surface area contributed by atoms with Gasteiger partial charge >= 0.3 is 10.4 Å².